The lowest BCUT2D eigenvalue weighted by molar-refractivity contribution is 0.138. The monoisotopic (exact) mass is 193 g/mol. The molecule has 0 fully saturated rings. The maximum atomic E-state index is 11.0. The molecule has 0 heterocycles. The zero-order valence-electron chi connectivity index (χ0n) is 7.82. The average Bonchev–Trinajstić information content (AvgIpc) is 1.84. The Kier molecular flexibility index (Phi) is 5.06. The van der Waals surface area contributed by atoms with Crippen molar-refractivity contribution >= 4 is 17.7 Å². The van der Waals surface area contributed by atoms with Crippen molar-refractivity contribution in [1.29, 1.82) is 0 Å². The van der Waals surface area contributed by atoms with Crippen molar-refractivity contribution in [1.82, 2.24) is 5.32 Å². The summed E-state index contributed by atoms with van der Waals surface area (Å²) in [5, 5.41) is 2.67. The molecule has 12 heavy (non-hydrogen) atoms. The molecule has 0 atom stereocenters. The van der Waals surface area contributed by atoms with E-state index in [0.29, 0.717) is 18.9 Å². The van der Waals surface area contributed by atoms with Gasteiger partial charge in [-0.3, -0.25) is 0 Å². The molecule has 0 aromatic heterocycles. The van der Waals surface area contributed by atoms with Gasteiger partial charge in [-0.1, -0.05) is 0 Å². The quantitative estimate of drug-likeness (QED) is 0.551. The molecule has 0 aliphatic heterocycles. The highest BCUT2D eigenvalue weighted by atomic mass is 35.5. The number of hydrogen-bond acceptors (Lipinski definition) is 2. The minimum atomic E-state index is -0.382. The predicted molar refractivity (Wildman–Crippen MR) is 49.6 cm³/mol. The average molecular weight is 194 g/mol. The van der Waals surface area contributed by atoms with Crippen molar-refractivity contribution in [3.05, 3.63) is 0 Å². The highest BCUT2D eigenvalue weighted by molar-refractivity contribution is 6.17. The van der Waals surface area contributed by atoms with E-state index in [0.717, 1.165) is 0 Å². The molecule has 0 rings (SSSR count). The lowest BCUT2D eigenvalue weighted by Crippen LogP contribution is -2.41. The van der Waals surface area contributed by atoms with Gasteiger partial charge >= 0.3 is 6.09 Å². The molecule has 0 unspecified atom stereocenters. The zero-order valence-corrected chi connectivity index (χ0v) is 8.57. The van der Waals surface area contributed by atoms with Crippen molar-refractivity contribution < 1.29 is 9.53 Å². The molecule has 0 saturated carbocycles. The Morgan fingerprint density at radius 2 is 2.08 bits per heavy atom. The molecule has 3 nitrogen and oxygen atoms in total. The van der Waals surface area contributed by atoms with Crippen LogP contribution in [0.1, 0.15) is 27.2 Å². The molecule has 0 aliphatic carbocycles. The minimum Gasteiger partial charge on any atom is -0.450 e. The first-order chi connectivity index (χ1) is 5.45. The normalized spacial score (nSPS) is 11.0. The first-order valence-electron chi connectivity index (χ1n) is 3.96. The summed E-state index contributed by atoms with van der Waals surface area (Å²) in [5.74, 6) is 0.517. The van der Waals surface area contributed by atoms with Crippen LogP contribution < -0.4 is 5.32 Å². The summed E-state index contributed by atoms with van der Waals surface area (Å²) in [6.45, 7) is 6.08. The molecular formula is C8H16ClNO2. The van der Waals surface area contributed by atoms with Crippen LogP contribution in [0.4, 0.5) is 4.79 Å². The number of rotatable bonds is 3. The Balaban J connectivity index is 3.47. The predicted octanol–water partition coefficient (Wildman–Crippen LogP) is 2.14. The molecule has 0 aliphatic rings. The van der Waals surface area contributed by atoms with Crippen LogP contribution in [0.15, 0.2) is 0 Å². The number of carbonyl (C=O) groups is 1. The highest BCUT2D eigenvalue weighted by Crippen LogP contribution is 1.99. The van der Waals surface area contributed by atoms with Crippen molar-refractivity contribution in [2.45, 2.75) is 32.7 Å². The first kappa shape index (κ1) is 11.6. The van der Waals surface area contributed by atoms with Crippen molar-refractivity contribution in [2.75, 3.05) is 12.5 Å². The van der Waals surface area contributed by atoms with Gasteiger partial charge in [0.2, 0.25) is 0 Å². The largest absolute Gasteiger partial charge is 0.450 e. The van der Waals surface area contributed by atoms with Gasteiger partial charge in [0.05, 0.1) is 6.61 Å². The molecule has 0 radical (unpaired) electrons. The van der Waals surface area contributed by atoms with Crippen LogP contribution in [-0.2, 0) is 4.74 Å². The van der Waals surface area contributed by atoms with Crippen LogP contribution in [0.25, 0.3) is 0 Å². The SMILES string of the molecule is CC(C)(C)NC(=O)OCCCCl. The van der Waals surface area contributed by atoms with Gasteiger partial charge in [0.25, 0.3) is 0 Å². The molecule has 0 saturated heterocycles. The topological polar surface area (TPSA) is 38.3 Å². The van der Waals surface area contributed by atoms with Crippen LogP contribution in [-0.4, -0.2) is 24.1 Å². The van der Waals surface area contributed by atoms with E-state index in [2.05, 4.69) is 5.32 Å². The highest BCUT2D eigenvalue weighted by Gasteiger charge is 2.13. The molecule has 1 amide bonds. The van der Waals surface area contributed by atoms with Gasteiger partial charge in [0, 0.05) is 11.4 Å². The van der Waals surface area contributed by atoms with Gasteiger partial charge in [-0.2, -0.15) is 0 Å². The number of carbonyl (C=O) groups excluding carboxylic acids is 1. The summed E-state index contributed by atoms with van der Waals surface area (Å²) in [6.07, 6.45) is 0.312. The molecule has 0 spiro atoms. The van der Waals surface area contributed by atoms with Crippen molar-refractivity contribution in [3.63, 3.8) is 0 Å². The Morgan fingerprint density at radius 1 is 1.50 bits per heavy atom. The Labute approximate surface area is 78.4 Å². The summed E-state index contributed by atoms with van der Waals surface area (Å²) in [4.78, 5) is 11.0. The van der Waals surface area contributed by atoms with Gasteiger partial charge in [-0.25, -0.2) is 4.79 Å². The minimum absolute atomic E-state index is 0.238. The third-order valence-corrected chi connectivity index (χ3v) is 1.26. The first-order valence-corrected chi connectivity index (χ1v) is 4.50. The number of alkyl halides is 1. The number of ether oxygens (including phenoxy) is 1. The molecule has 1 N–H and O–H groups in total. The number of nitrogens with one attached hydrogen (secondary N) is 1. The van der Waals surface area contributed by atoms with Crippen LogP contribution >= 0.6 is 11.6 Å². The lowest BCUT2D eigenvalue weighted by Gasteiger charge is -2.19. The summed E-state index contributed by atoms with van der Waals surface area (Å²) < 4.78 is 4.82. The molecule has 72 valence electrons. The summed E-state index contributed by atoms with van der Waals surface area (Å²) in [5.41, 5.74) is -0.238. The number of hydrogen-bond donors (Lipinski definition) is 1. The van der Waals surface area contributed by atoms with Crippen molar-refractivity contribution in [2.24, 2.45) is 0 Å². The van der Waals surface area contributed by atoms with E-state index in [1.54, 1.807) is 0 Å². The van der Waals surface area contributed by atoms with E-state index in [9.17, 15) is 4.79 Å². The van der Waals surface area contributed by atoms with E-state index in [-0.39, 0.29) is 11.6 Å². The molecular weight excluding hydrogens is 178 g/mol. The second kappa shape index (κ2) is 5.25. The second-order valence-electron chi connectivity index (χ2n) is 3.55. The summed E-state index contributed by atoms with van der Waals surface area (Å²) in [6, 6.07) is 0. The number of amides is 1. The van der Waals surface area contributed by atoms with Crippen LogP contribution in [0.3, 0.4) is 0 Å². The zero-order chi connectivity index (χ0) is 9.61. The van der Waals surface area contributed by atoms with Gasteiger partial charge in [-0.05, 0) is 27.2 Å². The van der Waals surface area contributed by atoms with Gasteiger partial charge in [0.15, 0.2) is 0 Å². The Hall–Kier alpha value is -0.440. The number of alkyl carbamates (subject to hydrolysis) is 1. The van der Waals surface area contributed by atoms with Crippen molar-refractivity contribution in [3.8, 4) is 0 Å². The summed E-state index contributed by atoms with van der Waals surface area (Å²) in [7, 11) is 0. The fraction of sp³-hybridized carbons (Fsp3) is 0.875. The third-order valence-electron chi connectivity index (χ3n) is 0.988. The lowest BCUT2D eigenvalue weighted by atomic mass is 10.1. The fourth-order valence-corrected chi connectivity index (χ4v) is 0.671. The van der Waals surface area contributed by atoms with Gasteiger partial charge in [-0.15, -0.1) is 11.6 Å². The van der Waals surface area contributed by atoms with E-state index >= 15 is 0 Å². The molecule has 0 aromatic carbocycles. The molecule has 4 heteroatoms. The van der Waals surface area contributed by atoms with Gasteiger partial charge < -0.3 is 10.1 Å². The molecule has 0 aromatic rings. The second-order valence-corrected chi connectivity index (χ2v) is 3.93. The summed E-state index contributed by atoms with van der Waals surface area (Å²) >= 11 is 5.41. The van der Waals surface area contributed by atoms with E-state index in [1.807, 2.05) is 20.8 Å². The van der Waals surface area contributed by atoms with Crippen LogP contribution in [0.2, 0.25) is 0 Å². The third kappa shape index (κ3) is 7.66. The van der Waals surface area contributed by atoms with Gasteiger partial charge in [0.1, 0.15) is 0 Å². The van der Waals surface area contributed by atoms with E-state index in [4.69, 9.17) is 16.3 Å². The van der Waals surface area contributed by atoms with Crippen LogP contribution in [0.5, 0.6) is 0 Å². The van der Waals surface area contributed by atoms with E-state index in [1.165, 1.54) is 0 Å². The maximum absolute atomic E-state index is 11.0. The smallest absolute Gasteiger partial charge is 0.407 e. The fourth-order valence-electron chi connectivity index (χ4n) is 0.562. The van der Waals surface area contributed by atoms with Crippen LogP contribution in [0, 0.1) is 0 Å². The number of halogens is 1. The van der Waals surface area contributed by atoms with E-state index < -0.39 is 0 Å². The Bertz CT molecular complexity index is 142. The standard InChI is InChI=1S/C8H16ClNO2/c1-8(2,3)10-7(11)12-6-4-5-9/h4-6H2,1-3H3,(H,10,11). The molecule has 0 bridgehead atoms. The Morgan fingerprint density at radius 3 is 2.50 bits per heavy atom. The maximum Gasteiger partial charge on any atom is 0.407 e.